The molecular weight excluding hydrogens is 512 g/mol. The number of benzene rings is 1. The molecule has 13 atom stereocenters. The Labute approximate surface area is 246 Å². The molecule has 224 valence electrons. The van der Waals surface area contributed by atoms with E-state index in [1.807, 2.05) is 18.2 Å². The lowest BCUT2D eigenvalue weighted by molar-refractivity contribution is -0.313. The summed E-state index contributed by atoms with van der Waals surface area (Å²) in [5.41, 5.74) is 0.895. The second-order valence-corrected chi connectivity index (χ2v) is 15.5. The van der Waals surface area contributed by atoms with Crippen LogP contribution in [-0.4, -0.2) is 45.7 Å². The SMILES string of the molecule is C=C(C)C1CCC2(C)C1CCC1(C)C2CC(O)C2C3(C)CCC(O)C(=C)C3C(O)C(OC(=O)c3ccccc3)C21C. The van der Waals surface area contributed by atoms with Gasteiger partial charge in [0.1, 0.15) is 6.10 Å². The van der Waals surface area contributed by atoms with Crippen molar-refractivity contribution in [2.75, 3.05) is 0 Å². The molecule has 41 heavy (non-hydrogen) atoms. The number of rotatable bonds is 3. The molecule has 0 radical (unpaired) electrons. The van der Waals surface area contributed by atoms with Crippen LogP contribution in [0.4, 0.5) is 0 Å². The van der Waals surface area contributed by atoms with Crippen LogP contribution in [0.3, 0.4) is 0 Å². The molecule has 0 aliphatic heterocycles. The smallest absolute Gasteiger partial charge is 0.338 e. The lowest BCUT2D eigenvalue weighted by Crippen LogP contribution is -2.76. The Balaban J connectivity index is 1.51. The molecule has 5 aliphatic carbocycles. The van der Waals surface area contributed by atoms with Crippen LogP contribution in [0, 0.1) is 51.2 Å². The predicted octanol–water partition coefficient (Wildman–Crippen LogP) is 6.33. The average molecular weight is 563 g/mol. The highest BCUT2D eigenvalue weighted by Gasteiger charge is 2.76. The summed E-state index contributed by atoms with van der Waals surface area (Å²) in [6, 6.07) is 8.99. The van der Waals surface area contributed by atoms with E-state index >= 15 is 0 Å². The highest BCUT2D eigenvalue weighted by molar-refractivity contribution is 5.89. The lowest BCUT2D eigenvalue weighted by Gasteiger charge is -2.74. The van der Waals surface area contributed by atoms with Crippen molar-refractivity contribution < 1.29 is 24.9 Å². The zero-order valence-electron chi connectivity index (χ0n) is 25.6. The average Bonchev–Trinajstić information content (AvgIpc) is 3.28. The monoisotopic (exact) mass is 562 g/mol. The van der Waals surface area contributed by atoms with E-state index in [0.717, 1.165) is 25.7 Å². The molecule has 5 fully saturated rings. The van der Waals surface area contributed by atoms with E-state index in [1.54, 1.807) is 12.1 Å². The quantitative estimate of drug-likeness (QED) is 0.296. The molecule has 0 bridgehead atoms. The Morgan fingerprint density at radius 3 is 2.27 bits per heavy atom. The molecule has 13 unspecified atom stereocenters. The Morgan fingerprint density at radius 1 is 0.951 bits per heavy atom. The number of aliphatic hydroxyl groups is 3. The molecule has 0 aromatic heterocycles. The number of aliphatic hydroxyl groups excluding tert-OH is 3. The summed E-state index contributed by atoms with van der Waals surface area (Å²) in [4.78, 5) is 13.7. The van der Waals surface area contributed by atoms with Gasteiger partial charge in [0.2, 0.25) is 0 Å². The standard InChI is InChI=1S/C36H50O5/c1-20(2)23-13-16-33(4)24(23)14-18-35(6)27(33)19-26(38)30-34(5)17-15-25(37)21(3)28(34)29(39)31(36(30,35)7)41-32(40)22-11-9-8-10-12-22/h8-12,23-31,37-39H,1,3,13-19H2,2,4-7H3. The van der Waals surface area contributed by atoms with Crippen molar-refractivity contribution in [1.29, 1.82) is 0 Å². The second-order valence-electron chi connectivity index (χ2n) is 15.5. The third kappa shape index (κ3) is 3.74. The zero-order chi connectivity index (χ0) is 29.7. The number of ether oxygens (including phenoxy) is 1. The van der Waals surface area contributed by atoms with Crippen molar-refractivity contribution in [3.05, 3.63) is 60.2 Å². The van der Waals surface area contributed by atoms with Crippen LogP contribution in [0.2, 0.25) is 0 Å². The molecule has 1 aromatic carbocycles. The van der Waals surface area contributed by atoms with Crippen LogP contribution in [0.5, 0.6) is 0 Å². The van der Waals surface area contributed by atoms with Gasteiger partial charge in [0.15, 0.2) is 0 Å². The van der Waals surface area contributed by atoms with Gasteiger partial charge < -0.3 is 20.1 Å². The number of fused-ring (bicyclic) bond motifs is 7. The summed E-state index contributed by atoms with van der Waals surface area (Å²) in [6.45, 7) is 20.0. The number of esters is 1. The summed E-state index contributed by atoms with van der Waals surface area (Å²) in [5.74, 6) is 0.0959. The number of hydrogen-bond donors (Lipinski definition) is 3. The van der Waals surface area contributed by atoms with Crippen molar-refractivity contribution in [3.63, 3.8) is 0 Å². The minimum atomic E-state index is -1.03. The molecule has 5 heteroatoms. The van der Waals surface area contributed by atoms with Crippen LogP contribution in [0.25, 0.3) is 0 Å². The fourth-order valence-electron chi connectivity index (χ4n) is 12.0. The van der Waals surface area contributed by atoms with Gasteiger partial charge in [0.25, 0.3) is 0 Å². The van der Waals surface area contributed by atoms with Crippen molar-refractivity contribution in [2.45, 2.75) is 104 Å². The van der Waals surface area contributed by atoms with Crippen LogP contribution in [-0.2, 0) is 4.74 Å². The van der Waals surface area contributed by atoms with Crippen LogP contribution < -0.4 is 0 Å². The van der Waals surface area contributed by atoms with Crippen molar-refractivity contribution in [1.82, 2.24) is 0 Å². The molecule has 0 saturated heterocycles. The first-order chi connectivity index (χ1) is 19.2. The first-order valence-corrected chi connectivity index (χ1v) is 15.9. The van der Waals surface area contributed by atoms with Crippen LogP contribution in [0.15, 0.2) is 54.6 Å². The van der Waals surface area contributed by atoms with Gasteiger partial charge in [0.05, 0.1) is 23.9 Å². The van der Waals surface area contributed by atoms with Crippen molar-refractivity contribution in [2.24, 2.45) is 51.2 Å². The molecule has 0 heterocycles. The van der Waals surface area contributed by atoms with Gasteiger partial charge in [-0.25, -0.2) is 4.79 Å². The maximum Gasteiger partial charge on any atom is 0.338 e. The topological polar surface area (TPSA) is 87.0 Å². The number of hydrogen-bond acceptors (Lipinski definition) is 5. The Morgan fingerprint density at radius 2 is 1.61 bits per heavy atom. The molecule has 6 rings (SSSR count). The van der Waals surface area contributed by atoms with E-state index in [4.69, 9.17) is 4.74 Å². The highest BCUT2D eigenvalue weighted by Crippen LogP contribution is 2.77. The molecule has 0 amide bonds. The molecule has 5 saturated carbocycles. The molecule has 0 spiro atoms. The third-order valence-electron chi connectivity index (χ3n) is 13.9. The highest BCUT2D eigenvalue weighted by atomic mass is 16.6. The van der Waals surface area contributed by atoms with Gasteiger partial charge in [-0.1, -0.05) is 64.6 Å². The van der Waals surface area contributed by atoms with Gasteiger partial charge in [0, 0.05) is 17.3 Å². The van der Waals surface area contributed by atoms with E-state index in [1.165, 1.54) is 5.57 Å². The summed E-state index contributed by atoms with van der Waals surface area (Å²) in [5, 5.41) is 35.5. The first-order valence-electron chi connectivity index (χ1n) is 15.9. The predicted molar refractivity (Wildman–Crippen MR) is 160 cm³/mol. The van der Waals surface area contributed by atoms with Gasteiger partial charge in [-0.3, -0.25) is 0 Å². The maximum atomic E-state index is 13.7. The Kier molecular flexibility index (Phi) is 6.77. The first kappa shape index (κ1) is 29.1. The van der Waals surface area contributed by atoms with Crippen LogP contribution >= 0.6 is 0 Å². The largest absolute Gasteiger partial charge is 0.455 e. The number of allylic oxidation sites excluding steroid dienone is 1. The fraction of sp³-hybridized carbons (Fsp3) is 0.694. The second kappa shape index (κ2) is 9.53. The summed E-state index contributed by atoms with van der Waals surface area (Å²) in [7, 11) is 0. The third-order valence-corrected chi connectivity index (χ3v) is 13.9. The van der Waals surface area contributed by atoms with Crippen molar-refractivity contribution in [3.8, 4) is 0 Å². The molecular formula is C36H50O5. The molecule has 5 nitrogen and oxygen atoms in total. The van der Waals surface area contributed by atoms with Gasteiger partial charge >= 0.3 is 5.97 Å². The molecule has 1 aromatic rings. The maximum absolute atomic E-state index is 13.7. The van der Waals surface area contributed by atoms with E-state index in [0.29, 0.717) is 42.2 Å². The van der Waals surface area contributed by atoms with Gasteiger partial charge in [-0.15, -0.1) is 0 Å². The van der Waals surface area contributed by atoms with Crippen molar-refractivity contribution >= 4 is 5.97 Å². The van der Waals surface area contributed by atoms with E-state index in [9.17, 15) is 20.1 Å². The fourth-order valence-corrected chi connectivity index (χ4v) is 12.0. The zero-order valence-corrected chi connectivity index (χ0v) is 25.6. The van der Waals surface area contributed by atoms with Gasteiger partial charge in [-0.2, -0.15) is 0 Å². The molecule has 5 aliphatic rings. The Bertz CT molecular complexity index is 1240. The van der Waals surface area contributed by atoms with Crippen LogP contribution in [0.1, 0.15) is 89.9 Å². The normalized spacial score (nSPS) is 50.6. The summed E-state index contributed by atoms with van der Waals surface area (Å²) < 4.78 is 6.47. The number of carbonyl (C=O) groups excluding carboxylic acids is 1. The molecule has 3 N–H and O–H groups in total. The summed E-state index contributed by atoms with van der Waals surface area (Å²) >= 11 is 0. The minimum Gasteiger partial charge on any atom is -0.455 e. The minimum absolute atomic E-state index is 0.0363. The Hall–Kier alpha value is -1.95. The van der Waals surface area contributed by atoms with E-state index in [2.05, 4.69) is 47.8 Å². The van der Waals surface area contributed by atoms with E-state index in [-0.39, 0.29) is 22.7 Å². The summed E-state index contributed by atoms with van der Waals surface area (Å²) in [6.07, 6.45) is 3.01. The number of carbonyl (C=O) groups is 1. The van der Waals surface area contributed by atoms with Gasteiger partial charge in [-0.05, 0) is 104 Å². The lowest BCUT2D eigenvalue weighted by atomic mass is 9.31. The van der Waals surface area contributed by atoms with E-state index < -0.39 is 47.1 Å².